The molecule has 0 atom stereocenters. The van der Waals surface area contributed by atoms with Crippen molar-refractivity contribution >= 4 is 29.4 Å². The molecule has 0 saturated carbocycles. The van der Waals surface area contributed by atoms with Crippen molar-refractivity contribution in [1.82, 2.24) is 10.3 Å². The van der Waals surface area contributed by atoms with Crippen molar-refractivity contribution < 1.29 is 14.7 Å². The third kappa shape index (κ3) is 4.28. The number of aromatic nitrogens is 1. The zero-order chi connectivity index (χ0) is 11.3. The van der Waals surface area contributed by atoms with Crippen LogP contribution in [0, 0.1) is 0 Å². The van der Waals surface area contributed by atoms with Crippen LogP contribution in [0.3, 0.4) is 0 Å². The van der Waals surface area contributed by atoms with Gasteiger partial charge in [0.25, 0.3) is 0 Å². The van der Waals surface area contributed by atoms with Crippen molar-refractivity contribution in [1.29, 1.82) is 0 Å². The fraction of sp³-hybridized carbons (Fsp3) is 0.125. The molecule has 0 spiro atoms. The maximum atomic E-state index is 11.0. The zero-order valence-electron chi connectivity index (χ0n) is 7.53. The number of hydrogen-bond acceptors (Lipinski definition) is 3. The number of nitrogens with one attached hydrogen (secondary N) is 2. The lowest BCUT2D eigenvalue weighted by Crippen LogP contribution is -2.33. The van der Waals surface area contributed by atoms with Crippen LogP contribution in [-0.2, 0) is 4.79 Å². The number of rotatable bonds is 3. The standard InChI is InChI=1S/C8H8ClN3O3/c9-5-1-2-6(10-3-5)12-8(15)11-4-7(13)14/h1-3H,4H2,(H,13,14)(H2,10,11,12,15). The third-order valence-electron chi connectivity index (χ3n) is 1.37. The van der Waals surface area contributed by atoms with Crippen molar-refractivity contribution in [3.63, 3.8) is 0 Å². The number of carbonyl (C=O) groups excluding carboxylic acids is 1. The minimum absolute atomic E-state index is 0.294. The van der Waals surface area contributed by atoms with Crippen LogP contribution >= 0.6 is 11.6 Å². The summed E-state index contributed by atoms with van der Waals surface area (Å²) in [6.07, 6.45) is 1.37. The molecule has 0 unspecified atom stereocenters. The smallest absolute Gasteiger partial charge is 0.323 e. The minimum atomic E-state index is -1.12. The first kappa shape index (κ1) is 11.3. The Hall–Kier alpha value is -1.82. The molecule has 0 radical (unpaired) electrons. The summed E-state index contributed by atoms with van der Waals surface area (Å²) in [5.41, 5.74) is 0. The molecular formula is C8H8ClN3O3. The Labute approximate surface area is 90.3 Å². The molecule has 0 saturated heterocycles. The number of aliphatic carboxylic acids is 1. The van der Waals surface area contributed by atoms with E-state index in [-0.39, 0.29) is 0 Å². The summed E-state index contributed by atoms with van der Waals surface area (Å²) >= 11 is 5.58. The second-order valence-electron chi connectivity index (χ2n) is 2.56. The van der Waals surface area contributed by atoms with Gasteiger partial charge in [0.05, 0.1) is 5.02 Å². The molecule has 1 aromatic rings. The molecule has 80 valence electrons. The van der Waals surface area contributed by atoms with Gasteiger partial charge in [0.2, 0.25) is 0 Å². The molecule has 0 aliphatic rings. The van der Waals surface area contributed by atoms with E-state index in [0.29, 0.717) is 10.8 Å². The van der Waals surface area contributed by atoms with E-state index in [1.54, 1.807) is 6.07 Å². The van der Waals surface area contributed by atoms with Gasteiger partial charge >= 0.3 is 12.0 Å². The Balaban J connectivity index is 2.44. The van der Waals surface area contributed by atoms with Gasteiger partial charge in [0.15, 0.2) is 0 Å². The van der Waals surface area contributed by atoms with Crippen molar-refractivity contribution in [2.24, 2.45) is 0 Å². The summed E-state index contributed by atoms with van der Waals surface area (Å²) in [5.74, 6) is -0.823. The largest absolute Gasteiger partial charge is 0.480 e. The van der Waals surface area contributed by atoms with E-state index < -0.39 is 18.5 Å². The number of carboxylic acid groups (broad SMARTS) is 1. The molecule has 1 aromatic heterocycles. The number of urea groups is 1. The first-order valence-corrected chi connectivity index (χ1v) is 4.34. The van der Waals surface area contributed by atoms with E-state index in [0.717, 1.165) is 0 Å². The molecule has 0 aromatic carbocycles. The number of halogens is 1. The van der Waals surface area contributed by atoms with Crippen LogP contribution in [0.25, 0.3) is 0 Å². The summed E-state index contributed by atoms with van der Waals surface area (Å²) in [6, 6.07) is 2.43. The average molecular weight is 230 g/mol. The summed E-state index contributed by atoms with van der Waals surface area (Å²) in [6.45, 7) is -0.445. The molecule has 6 nitrogen and oxygen atoms in total. The Kier molecular flexibility index (Phi) is 3.87. The predicted octanol–water partition coefficient (Wildman–Crippen LogP) is 0.941. The van der Waals surface area contributed by atoms with E-state index in [2.05, 4.69) is 15.6 Å². The number of amides is 2. The van der Waals surface area contributed by atoms with Crippen LogP contribution < -0.4 is 10.6 Å². The number of pyridine rings is 1. The summed E-state index contributed by atoms with van der Waals surface area (Å²) in [5, 5.41) is 13.2. The van der Waals surface area contributed by atoms with Crippen LogP contribution in [-0.4, -0.2) is 28.6 Å². The van der Waals surface area contributed by atoms with E-state index in [1.807, 2.05) is 0 Å². The lowest BCUT2D eigenvalue weighted by Gasteiger charge is -2.04. The summed E-state index contributed by atoms with van der Waals surface area (Å²) < 4.78 is 0. The first-order chi connectivity index (χ1) is 7.08. The van der Waals surface area contributed by atoms with Gasteiger partial charge < -0.3 is 10.4 Å². The lowest BCUT2D eigenvalue weighted by atomic mass is 10.4. The van der Waals surface area contributed by atoms with Gasteiger partial charge in [-0.05, 0) is 12.1 Å². The van der Waals surface area contributed by atoms with Crippen LogP contribution in [0.15, 0.2) is 18.3 Å². The first-order valence-electron chi connectivity index (χ1n) is 3.96. The summed E-state index contributed by atoms with van der Waals surface area (Å²) in [4.78, 5) is 25.0. The van der Waals surface area contributed by atoms with Gasteiger partial charge in [-0.25, -0.2) is 9.78 Å². The maximum absolute atomic E-state index is 11.0. The molecule has 2 amide bonds. The maximum Gasteiger partial charge on any atom is 0.323 e. The van der Waals surface area contributed by atoms with E-state index in [9.17, 15) is 9.59 Å². The number of anilines is 1. The number of nitrogens with zero attached hydrogens (tertiary/aromatic N) is 1. The van der Waals surface area contributed by atoms with Gasteiger partial charge in [-0.3, -0.25) is 10.1 Å². The average Bonchev–Trinajstić information content (AvgIpc) is 2.19. The lowest BCUT2D eigenvalue weighted by molar-refractivity contribution is -0.135. The Morgan fingerprint density at radius 1 is 1.47 bits per heavy atom. The third-order valence-corrected chi connectivity index (χ3v) is 1.59. The van der Waals surface area contributed by atoms with Crippen LogP contribution in [0.4, 0.5) is 10.6 Å². The Morgan fingerprint density at radius 3 is 2.73 bits per heavy atom. The van der Waals surface area contributed by atoms with Crippen molar-refractivity contribution in [2.45, 2.75) is 0 Å². The number of carbonyl (C=O) groups is 2. The highest BCUT2D eigenvalue weighted by Crippen LogP contribution is 2.08. The van der Waals surface area contributed by atoms with E-state index in [1.165, 1.54) is 12.3 Å². The van der Waals surface area contributed by atoms with Gasteiger partial charge in [-0.2, -0.15) is 0 Å². The topological polar surface area (TPSA) is 91.3 Å². The normalized spacial score (nSPS) is 9.40. The molecule has 0 bridgehead atoms. The molecule has 7 heteroatoms. The predicted molar refractivity (Wildman–Crippen MR) is 53.9 cm³/mol. The Morgan fingerprint density at radius 2 is 2.20 bits per heavy atom. The fourth-order valence-corrected chi connectivity index (χ4v) is 0.878. The van der Waals surface area contributed by atoms with Crippen LogP contribution in [0.1, 0.15) is 0 Å². The van der Waals surface area contributed by atoms with Crippen molar-refractivity contribution in [3.05, 3.63) is 23.4 Å². The second-order valence-corrected chi connectivity index (χ2v) is 3.00. The molecule has 15 heavy (non-hydrogen) atoms. The van der Waals surface area contributed by atoms with Crippen molar-refractivity contribution in [2.75, 3.05) is 11.9 Å². The van der Waals surface area contributed by atoms with Gasteiger partial charge in [-0.15, -0.1) is 0 Å². The zero-order valence-corrected chi connectivity index (χ0v) is 8.28. The highest BCUT2D eigenvalue weighted by Gasteiger charge is 2.03. The van der Waals surface area contributed by atoms with E-state index in [4.69, 9.17) is 16.7 Å². The molecule has 0 aliphatic carbocycles. The minimum Gasteiger partial charge on any atom is -0.480 e. The molecule has 1 heterocycles. The van der Waals surface area contributed by atoms with Crippen molar-refractivity contribution in [3.8, 4) is 0 Å². The monoisotopic (exact) mass is 229 g/mol. The Bertz CT molecular complexity index is 366. The fourth-order valence-electron chi connectivity index (χ4n) is 0.766. The van der Waals surface area contributed by atoms with Gasteiger partial charge in [0.1, 0.15) is 12.4 Å². The molecular weight excluding hydrogens is 222 g/mol. The molecule has 1 rings (SSSR count). The van der Waals surface area contributed by atoms with Gasteiger partial charge in [0, 0.05) is 6.20 Å². The highest BCUT2D eigenvalue weighted by atomic mass is 35.5. The highest BCUT2D eigenvalue weighted by molar-refractivity contribution is 6.30. The molecule has 3 N–H and O–H groups in total. The number of hydrogen-bond donors (Lipinski definition) is 3. The SMILES string of the molecule is O=C(O)CNC(=O)Nc1ccc(Cl)cn1. The van der Waals surface area contributed by atoms with E-state index >= 15 is 0 Å². The second kappa shape index (κ2) is 5.16. The quantitative estimate of drug-likeness (QED) is 0.719. The van der Waals surface area contributed by atoms with Crippen LogP contribution in [0.2, 0.25) is 5.02 Å². The van der Waals surface area contributed by atoms with Gasteiger partial charge in [-0.1, -0.05) is 11.6 Å². The molecule has 0 fully saturated rings. The van der Waals surface area contributed by atoms with Crippen LogP contribution in [0.5, 0.6) is 0 Å². The summed E-state index contributed by atoms with van der Waals surface area (Å²) in [7, 11) is 0. The molecule has 0 aliphatic heterocycles. The number of carboxylic acids is 1.